The van der Waals surface area contributed by atoms with Crippen molar-refractivity contribution in [3.8, 4) is 5.75 Å². The van der Waals surface area contributed by atoms with E-state index in [9.17, 15) is 4.79 Å². The minimum Gasteiger partial charge on any atom is -0.496 e. The van der Waals surface area contributed by atoms with Crippen LogP contribution in [0.3, 0.4) is 0 Å². The van der Waals surface area contributed by atoms with Crippen molar-refractivity contribution in [3.05, 3.63) is 28.8 Å². The lowest BCUT2D eigenvalue weighted by atomic mass is 9.95. The van der Waals surface area contributed by atoms with E-state index in [1.807, 2.05) is 33.0 Å². The van der Waals surface area contributed by atoms with Crippen LogP contribution in [0.25, 0.3) is 0 Å². The van der Waals surface area contributed by atoms with Gasteiger partial charge >= 0.3 is 5.97 Å². The van der Waals surface area contributed by atoms with Crippen molar-refractivity contribution in [2.45, 2.75) is 26.3 Å². The molecule has 0 saturated carbocycles. The Morgan fingerprint density at radius 3 is 2.44 bits per heavy atom. The average Bonchev–Trinajstić information content (AvgIpc) is 2.39. The van der Waals surface area contributed by atoms with Crippen molar-refractivity contribution in [2.75, 3.05) is 21.3 Å². The molecule has 4 heteroatoms. The van der Waals surface area contributed by atoms with Crippen LogP contribution in [-0.4, -0.2) is 27.2 Å². The molecule has 1 unspecified atom stereocenters. The summed E-state index contributed by atoms with van der Waals surface area (Å²) in [5, 5.41) is 3.15. The van der Waals surface area contributed by atoms with E-state index >= 15 is 0 Å². The van der Waals surface area contributed by atoms with Gasteiger partial charge in [0.25, 0.3) is 0 Å². The number of methoxy groups -OCH3 is 2. The highest BCUT2D eigenvalue weighted by Gasteiger charge is 2.18. The Kier molecular flexibility index (Phi) is 5.16. The number of esters is 1. The predicted octanol–water partition coefficient (Wildman–Crippen LogP) is 2.14. The first kappa shape index (κ1) is 14.5. The molecule has 0 aliphatic heterocycles. The van der Waals surface area contributed by atoms with E-state index in [1.165, 1.54) is 7.11 Å². The predicted molar refractivity (Wildman–Crippen MR) is 70.9 cm³/mol. The Bertz CT molecular complexity index is 429. The van der Waals surface area contributed by atoms with Gasteiger partial charge in [0.15, 0.2) is 0 Å². The van der Waals surface area contributed by atoms with Crippen molar-refractivity contribution < 1.29 is 14.3 Å². The van der Waals surface area contributed by atoms with Gasteiger partial charge in [-0.15, -0.1) is 0 Å². The molecular formula is C14H21NO3. The molecule has 0 fully saturated rings. The number of benzene rings is 1. The van der Waals surface area contributed by atoms with Gasteiger partial charge < -0.3 is 14.8 Å². The maximum absolute atomic E-state index is 11.4. The van der Waals surface area contributed by atoms with Crippen LogP contribution < -0.4 is 10.1 Å². The highest BCUT2D eigenvalue weighted by Crippen LogP contribution is 2.29. The lowest BCUT2D eigenvalue weighted by Gasteiger charge is -2.20. The fraction of sp³-hybridized carbons (Fsp3) is 0.500. The Morgan fingerprint density at radius 1 is 1.28 bits per heavy atom. The van der Waals surface area contributed by atoms with Gasteiger partial charge in [0.05, 0.1) is 20.6 Å². The molecule has 0 spiro atoms. The lowest BCUT2D eigenvalue weighted by Crippen LogP contribution is -2.21. The number of rotatable bonds is 5. The van der Waals surface area contributed by atoms with Crippen LogP contribution in [0.1, 0.15) is 29.2 Å². The van der Waals surface area contributed by atoms with Crippen molar-refractivity contribution in [1.29, 1.82) is 0 Å². The first-order valence-electron chi connectivity index (χ1n) is 5.93. The second-order valence-electron chi connectivity index (χ2n) is 4.23. The Balaban J connectivity index is 3.07. The molecule has 0 heterocycles. The van der Waals surface area contributed by atoms with Gasteiger partial charge in [0, 0.05) is 6.04 Å². The SMILES string of the molecule is CNC(CC(=O)OC)c1ccc(OC)c(C)c1C. The van der Waals surface area contributed by atoms with Crippen molar-refractivity contribution in [3.63, 3.8) is 0 Å². The van der Waals surface area contributed by atoms with E-state index in [-0.39, 0.29) is 12.0 Å². The molecule has 100 valence electrons. The van der Waals surface area contributed by atoms with Crippen molar-refractivity contribution in [2.24, 2.45) is 0 Å². The Morgan fingerprint density at radius 2 is 1.94 bits per heavy atom. The third kappa shape index (κ3) is 3.01. The molecule has 0 aliphatic rings. The molecule has 0 aliphatic carbocycles. The van der Waals surface area contributed by atoms with Crippen LogP contribution in [-0.2, 0) is 9.53 Å². The van der Waals surface area contributed by atoms with E-state index < -0.39 is 0 Å². The van der Waals surface area contributed by atoms with Gasteiger partial charge in [0.1, 0.15) is 5.75 Å². The van der Waals surface area contributed by atoms with Crippen LogP contribution in [0.2, 0.25) is 0 Å². The molecular weight excluding hydrogens is 230 g/mol. The minimum atomic E-state index is -0.220. The van der Waals surface area contributed by atoms with Gasteiger partial charge in [-0.2, -0.15) is 0 Å². The van der Waals surface area contributed by atoms with Crippen molar-refractivity contribution >= 4 is 5.97 Å². The third-order valence-corrected chi connectivity index (χ3v) is 3.32. The summed E-state index contributed by atoms with van der Waals surface area (Å²) in [7, 11) is 4.90. The first-order valence-corrected chi connectivity index (χ1v) is 5.93. The Labute approximate surface area is 108 Å². The van der Waals surface area contributed by atoms with Crippen molar-refractivity contribution in [1.82, 2.24) is 5.32 Å². The summed E-state index contributed by atoms with van der Waals surface area (Å²) < 4.78 is 10.00. The second-order valence-corrected chi connectivity index (χ2v) is 4.23. The topological polar surface area (TPSA) is 47.6 Å². The summed E-state index contributed by atoms with van der Waals surface area (Å²) in [6, 6.07) is 3.88. The largest absolute Gasteiger partial charge is 0.496 e. The first-order chi connectivity index (χ1) is 8.54. The van der Waals surface area contributed by atoms with Gasteiger partial charge in [-0.05, 0) is 43.7 Å². The molecule has 1 atom stereocenters. The summed E-state index contributed by atoms with van der Waals surface area (Å²) in [5.74, 6) is 0.645. The summed E-state index contributed by atoms with van der Waals surface area (Å²) in [5.41, 5.74) is 3.33. The summed E-state index contributed by atoms with van der Waals surface area (Å²) in [4.78, 5) is 11.4. The number of hydrogen-bond donors (Lipinski definition) is 1. The molecule has 0 saturated heterocycles. The number of carbonyl (C=O) groups is 1. The number of ether oxygens (including phenoxy) is 2. The monoisotopic (exact) mass is 251 g/mol. The number of hydrogen-bond acceptors (Lipinski definition) is 4. The van der Waals surface area contributed by atoms with Crippen LogP contribution in [0.15, 0.2) is 12.1 Å². The molecule has 1 aromatic rings. The molecule has 0 radical (unpaired) electrons. The van der Waals surface area contributed by atoms with Gasteiger partial charge in [-0.25, -0.2) is 0 Å². The smallest absolute Gasteiger partial charge is 0.307 e. The van der Waals surface area contributed by atoms with Crippen LogP contribution in [0, 0.1) is 13.8 Å². The van der Waals surface area contributed by atoms with E-state index in [4.69, 9.17) is 9.47 Å². The maximum atomic E-state index is 11.4. The normalized spacial score (nSPS) is 12.1. The molecule has 1 N–H and O–H groups in total. The zero-order chi connectivity index (χ0) is 13.7. The van der Waals surface area contributed by atoms with E-state index in [2.05, 4.69) is 5.32 Å². The summed E-state index contributed by atoms with van der Waals surface area (Å²) >= 11 is 0. The highest BCUT2D eigenvalue weighted by molar-refractivity contribution is 5.70. The summed E-state index contributed by atoms with van der Waals surface area (Å²) in [6.45, 7) is 4.05. The molecule has 1 rings (SSSR count). The molecule has 4 nitrogen and oxygen atoms in total. The fourth-order valence-corrected chi connectivity index (χ4v) is 2.03. The minimum absolute atomic E-state index is 0.0398. The molecule has 1 aromatic carbocycles. The van der Waals surface area contributed by atoms with Crippen LogP contribution >= 0.6 is 0 Å². The third-order valence-electron chi connectivity index (χ3n) is 3.32. The van der Waals surface area contributed by atoms with Gasteiger partial charge in [-0.1, -0.05) is 6.07 Å². The molecule has 0 amide bonds. The second kappa shape index (κ2) is 6.40. The van der Waals surface area contributed by atoms with Crippen LogP contribution in [0.4, 0.5) is 0 Å². The van der Waals surface area contributed by atoms with E-state index in [1.54, 1.807) is 7.11 Å². The Hall–Kier alpha value is -1.55. The summed E-state index contributed by atoms with van der Waals surface area (Å²) in [6.07, 6.45) is 0.319. The zero-order valence-corrected chi connectivity index (χ0v) is 11.7. The van der Waals surface area contributed by atoms with E-state index in [0.29, 0.717) is 6.42 Å². The van der Waals surface area contributed by atoms with Crippen LogP contribution in [0.5, 0.6) is 5.75 Å². The molecule has 0 aromatic heterocycles. The van der Waals surface area contributed by atoms with E-state index in [0.717, 1.165) is 22.4 Å². The average molecular weight is 251 g/mol. The highest BCUT2D eigenvalue weighted by atomic mass is 16.5. The zero-order valence-electron chi connectivity index (χ0n) is 11.7. The van der Waals surface area contributed by atoms with Gasteiger partial charge in [-0.3, -0.25) is 4.79 Å². The quantitative estimate of drug-likeness (QED) is 0.814. The number of nitrogens with one attached hydrogen (secondary N) is 1. The maximum Gasteiger partial charge on any atom is 0.307 e. The van der Waals surface area contributed by atoms with Gasteiger partial charge in [0.2, 0.25) is 0 Å². The lowest BCUT2D eigenvalue weighted by molar-refractivity contribution is -0.141. The number of carbonyl (C=O) groups excluding carboxylic acids is 1. The molecule has 0 bridgehead atoms. The standard InChI is InChI=1S/C14H21NO3/c1-9-10(2)13(17-4)7-6-11(9)12(15-3)8-14(16)18-5/h6-7,12,15H,8H2,1-5H3. The fourth-order valence-electron chi connectivity index (χ4n) is 2.03. The molecule has 18 heavy (non-hydrogen) atoms.